The van der Waals surface area contributed by atoms with Gasteiger partial charge in [0.25, 0.3) is 0 Å². The van der Waals surface area contributed by atoms with Crippen molar-refractivity contribution in [2.45, 2.75) is 0 Å². The molecule has 0 unspecified atom stereocenters. The van der Waals surface area contributed by atoms with Crippen LogP contribution in [0.3, 0.4) is 0 Å². The number of anilines is 1. The molecule has 0 aliphatic heterocycles. The van der Waals surface area contributed by atoms with Gasteiger partial charge in [0.2, 0.25) is 0 Å². The molecule has 1 aromatic carbocycles. The Hall–Kier alpha value is -1.69. The Bertz CT molecular complexity index is 519. The third-order valence-corrected chi connectivity index (χ3v) is 2.84. The summed E-state index contributed by atoms with van der Waals surface area (Å²) in [5.74, 6) is 0. The van der Waals surface area contributed by atoms with Crippen LogP contribution in [0.5, 0.6) is 0 Å². The first kappa shape index (κ1) is 11.8. The molecule has 0 aliphatic rings. The zero-order valence-electron chi connectivity index (χ0n) is 9.58. The van der Waals surface area contributed by atoms with Gasteiger partial charge in [-0.1, -0.05) is 6.07 Å². The highest BCUT2D eigenvalue weighted by molar-refractivity contribution is 9.10. The van der Waals surface area contributed by atoms with Crippen LogP contribution in [0.15, 0.2) is 40.4 Å². The first-order valence-electron chi connectivity index (χ1n) is 5.02. The normalized spacial score (nSPS) is 11.0. The summed E-state index contributed by atoms with van der Waals surface area (Å²) in [7, 11) is 4.01. The Balaban J connectivity index is 2.21. The molecule has 0 saturated carbocycles. The maximum absolute atomic E-state index is 4.18. The zero-order valence-corrected chi connectivity index (χ0v) is 11.2. The molecule has 0 atom stereocenters. The summed E-state index contributed by atoms with van der Waals surface area (Å²) >= 11 is 3.53. The van der Waals surface area contributed by atoms with Gasteiger partial charge in [-0.25, -0.2) is 4.68 Å². The van der Waals surface area contributed by atoms with Crippen LogP contribution in [0.2, 0.25) is 0 Å². The van der Waals surface area contributed by atoms with Gasteiger partial charge in [-0.05, 0) is 33.6 Å². The van der Waals surface area contributed by atoms with Crippen LogP contribution in [-0.4, -0.2) is 35.2 Å². The van der Waals surface area contributed by atoms with E-state index in [1.165, 1.54) is 0 Å². The molecule has 0 spiro atoms. The van der Waals surface area contributed by atoms with E-state index in [4.69, 9.17) is 0 Å². The first-order chi connectivity index (χ1) is 8.16. The number of halogens is 1. The van der Waals surface area contributed by atoms with Crippen molar-refractivity contribution < 1.29 is 0 Å². The van der Waals surface area contributed by atoms with Crippen molar-refractivity contribution in [3.63, 3.8) is 0 Å². The van der Waals surface area contributed by atoms with E-state index in [-0.39, 0.29) is 0 Å². The zero-order chi connectivity index (χ0) is 12.3. The van der Waals surface area contributed by atoms with Crippen molar-refractivity contribution in [3.8, 4) is 0 Å². The summed E-state index contributed by atoms with van der Waals surface area (Å²) in [6.07, 6.45) is 4.84. The minimum Gasteiger partial charge on any atom is -0.377 e. The summed E-state index contributed by atoms with van der Waals surface area (Å²) in [6, 6.07) is 6.06. The first-order valence-corrected chi connectivity index (χ1v) is 5.82. The SMILES string of the molecule is CN(C)c1ccc(C=Nn2cnnc2)cc1Br. The summed E-state index contributed by atoms with van der Waals surface area (Å²) in [6.45, 7) is 0. The molecule has 1 heterocycles. The molecule has 6 heteroatoms. The van der Waals surface area contributed by atoms with Gasteiger partial charge < -0.3 is 4.90 Å². The van der Waals surface area contributed by atoms with Crippen LogP contribution in [0.1, 0.15) is 5.56 Å². The lowest BCUT2D eigenvalue weighted by molar-refractivity contribution is 0.878. The molecule has 0 bridgehead atoms. The van der Waals surface area contributed by atoms with Crippen molar-refractivity contribution in [2.24, 2.45) is 5.10 Å². The lowest BCUT2D eigenvalue weighted by atomic mass is 10.2. The summed E-state index contributed by atoms with van der Waals surface area (Å²) in [5.41, 5.74) is 2.14. The molecule has 0 aliphatic carbocycles. The van der Waals surface area contributed by atoms with E-state index in [9.17, 15) is 0 Å². The van der Waals surface area contributed by atoms with Crippen LogP contribution in [0.25, 0.3) is 0 Å². The second kappa shape index (κ2) is 5.09. The standard InChI is InChI=1S/C11H12BrN5/c1-16(2)11-4-3-9(5-10(11)12)6-15-17-7-13-14-8-17/h3-8H,1-2H3. The van der Waals surface area contributed by atoms with Gasteiger partial charge in [-0.15, -0.1) is 10.2 Å². The van der Waals surface area contributed by atoms with E-state index in [0.29, 0.717) is 0 Å². The quantitative estimate of drug-likeness (QED) is 0.813. The van der Waals surface area contributed by atoms with Gasteiger partial charge in [-0.2, -0.15) is 5.10 Å². The van der Waals surface area contributed by atoms with Gasteiger partial charge in [0, 0.05) is 18.6 Å². The third kappa shape index (κ3) is 2.91. The summed E-state index contributed by atoms with van der Waals surface area (Å²) in [4.78, 5) is 2.05. The maximum Gasteiger partial charge on any atom is 0.141 e. The molecule has 0 radical (unpaired) electrons. The minimum absolute atomic E-state index is 1.01. The predicted molar refractivity (Wildman–Crippen MR) is 71.5 cm³/mol. The topological polar surface area (TPSA) is 46.3 Å². The Morgan fingerprint density at radius 3 is 2.59 bits per heavy atom. The lowest BCUT2D eigenvalue weighted by Crippen LogP contribution is -2.09. The van der Waals surface area contributed by atoms with Gasteiger partial charge in [0.15, 0.2) is 0 Å². The Morgan fingerprint density at radius 1 is 1.29 bits per heavy atom. The monoisotopic (exact) mass is 293 g/mol. The molecular formula is C11H12BrN5. The molecule has 2 rings (SSSR count). The summed E-state index contributed by atoms with van der Waals surface area (Å²) in [5, 5.41) is 11.5. The molecule has 5 nitrogen and oxygen atoms in total. The molecular weight excluding hydrogens is 282 g/mol. The Labute approximate surface area is 108 Å². The highest BCUT2D eigenvalue weighted by atomic mass is 79.9. The number of rotatable bonds is 3. The molecule has 88 valence electrons. The maximum atomic E-state index is 4.18. The van der Waals surface area contributed by atoms with Crippen LogP contribution in [0.4, 0.5) is 5.69 Å². The van der Waals surface area contributed by atoms with E-state index in [0.717, 1.165) is 15.7 Å². The smallest absolute Gasteiger partial charge is 0.141 e. The van der Waals surface area contributed by atoms with E-state index in [1.54, 1.807) is 23.5 Å². The van der Waals surface area contributed by atoms with Crippen LogP contribution >= 0.6 is 15.9 Å². The van der Waals surface area contributed by atoms with E-state index < -0.39 is 0 Å². The number of hydrogen-bond acceptors (Lipinski definition) is 4. The van der Waals surface area contributed by atoms with Crippen molar-refractivity contribution >= 4 is 27.8 Å². The fourth-order valence-electron chi connectivity index (χ4n) is 1.35. The fraction of sp³-hybridized carbons (Fsp3) is 0.182. The van der Waals surface area contributed by atoms with Crippen molar-refractivity contribution in [1.82, 2.24) is 14.9 Å². The largest absolute Gasteiger partial charge is 0.377 e. The fourth-order valence-corrected chi connectivity index (χ4v) is 2.11. The van der Waals surface area contributed by atoms with E-state index in [2.05, 4.69) is 31.2 Å². The average molecular weight is 294 g/mol. The average Bonchev–Trinajstić information content (AvgIpc) is 2.78. The second-order valence-corrected chi connectivity index (χ2v) is 4.55. The van der Waals surface area contributed by atoms with Gasteiger partial charge >= 0.3 is 0 Å². The van der Waals surface area contributed by atoms with Crippen molar-refractivity contribution in [1.29, 1.82) is 0 Å². The predicted octanol–water partition coefficient (Wildman–Crippen LogP) is 1.99. The number of aromatic nitrogens is 3. The molecule has 0 fully saturated rings. The molecule has 0 N–H and O–H groups in total. The van der Waals surface area contributed by atoms with Crippen LogP contribution in [-0.2, 0) is 0 Å². The van der Waals surface area contributed by atoms with Gasteiger partial charge in [0.05, 0.1) is 11.9 Å². The third-order valence-electron chi connectivity index (χ3n) is 2.20. The summed E-state index contributed by atoms with van der Waals surface area (Å²) < 4.78 is 2.59. The minimum atomic E-state index is 1.01. The lowest BCUT2D eigenvalue weighted by Gasteiger charge is -2.14. The Morgan fingerprint density at radius 2 is 2.00 bits per heavy atom. The van der Waals surface area contributed by atoms with Crippen LogP contribution in [0, 0.1) is 0 Å². The molecule has 1 aromatic heterocycles. The van der Waals surface area contributed by atoms with E-state index >= 15 is 0 Å². The second-order valence-electron chi connectivity index (χ2n) is 3.69. The van der Waals surface area contributed by atoms with Crippen molar-refractivity contribution in [3.05, 3.63) is 40.9 Å². The van der Waals surface area contributed by atoms with Crippen molar-refractivity contribution in [2.75, 3.05) is 19.0 Å². The highest BCUT2D eigenvalue weighted by Crippen LogP contribution is 2.25. The Kier molecular flexibility index (Phi) is 3.53. The molecule has 0 amide bonds. The number of hydrogen-bond donors (Lipinski definition) is 0. The van der Waals surface area contributed by atoms with Crippen LogP contribution < -0.4 is 4.90 Å². The van der Waals surface area contributed by atoms with E-state index in [1.807, 2.05) is 37.2 Å². The molecule has 0 saturated heterocycles. The van der Waals surface area contributed by atoms with Gasteiger partial charge in [0.1, 0.15) is 12.7 Å². The highest BCUT2D eigenvalue weighted by Gasteiger charge is 2.01. The molecule has 17 heavy (non-hydrogen) atoms. The number of benzene rings is 1. The number of nitrogens with zero attached hydrogens (tertiary/aromatic N) is 5. The van der Waals surface area contributed by atoms with Gasteiger partial charge in [-0.3, -0.25) is 0 Å². The molecule has 2 aromatic rings.